The van der Waals surface area contributed by atoms with Crippen LogP contribution in [-0.2, 0) is 9.53 Å². The van der Waals surface area contributed by atoms with Gasteiger partial charge in [-0.25, -0.2) is 0 Å². The van der Waals surface area contributed by atoms with Crippen molar-refractivity contribution in [2.75, 3.05) is 45.5 Å². The molecule has 1 atom stereocenters. The molecule has 112 valence electrons. The smallest absolute Gasteiger partial charge is 0.238 e. The van der Waals surface area contributed by atoms with Crippen molar-refractivity contribution in [2.24, 2.45) is 0 Å². The van der Waals surface area contributed by atoms with Crippen LogP contribution in [0.25, 0.3) is 0 Å². The number of nitrogens with zero attached hydrogens (tertiary/aromatic N) is 1. The van der Waals surface area contributed by atoms with Gasteiger partial charge in [0, 0.05) is 19.2 Å². The first-order valence-electron chi connectivity index (χ1n) is 6.40. The topological polar surface area (TPSA) is 76.8 Å². The van der Waals surface area contributed by atoms with Crippen LogP contribution in [0.15, 0.2) is 18.2 Å². The molecule has 20 heavy (non-hydrogen) atoms. The molecule has 0 spiro atoms. The molecule has 1 unspecified atom stereocenters. The fraction of sp³-hybridized carbons (Fsp3) is 0.500. The number of methoxy groups -OCH3 is 2. The van der Waals surface area contributed by atoms with Crippen molar-refractivity contribution in [1.29, 1.82) is 0 Å². The summed E-state index contributed by atoms with van der Waals surface area (Å²) in [7, 11) is 5.09. The third-order valence-electron chi connectivity index (χ3n) is 3.09. The van der Waals surface area contributed by atoms with Crippen LogP contribution in [0.4, 0.5) is 11.4 Å². The Morgan fingerprint density at radius 2 is 2.15 bits per heavy atom. The quantitative estimate of drug-likeness (QED) is 0.734. The predicted molar refractivity (Wildman–Crippen MR) is 80.0 cm³/mol. The number of carbonyl (C=O) groups is 1. The van der Waals surface area contributed by atoms with E-state index in [0.717, 1.165) is 0 Å². The SMILES string of the molecule is COCC(C)N(C)CC(=O)Nc1ccc(OC)cc1N. The van der Waals surface area contributed by atoms with Gasteiger partial charge in [-0.3, -0.25) is 9.69 Å². The third kappa shape index (κ3) is 4.71. The van der Waals surface area contributed by atoms with E-state index < -0.39 is 0 Å². The first-order valence-corrected chi connectivity index (χ1v) is 6.40. The normalized spacial score (nSPS) is 12.2. The van der Waals surface area contributed by atoms with Crippen LogP contribution in [0.3, 0.4) is 0 Å². The molecule has 0 bridgehead atoms. The van der Waals surface area contributed by atoms with Crippen LogP contribution in [0.2, 0.25) is 0 Å². The second-order valence-corrected chi connectivity index (χ2v) is 4.72. The number of carbonyl (C=O) groups excluding carboxylic acids is 1. The van der Waals surface area contributed by atoms with Gasteiger partial charge in [0.05, 0.1) is 31.6 Å². The van der Waals surface area contributed by atoms with Crippen LogP contribution >= 0.6 is 0 Å². The predicted octanol–water partition coefficient (Wildman–Crippen LogP) is 1.18. The average molecular weight is 281 g/mol. The Morgan fingerprint density at radius 3 is 2.70 bits per heavy atom. The Kier molecular flexibility index (Phi) is 6.27. The molecule has 6 nitrogen and oxygen atoms in total. The van der Waals surface area contributed by atoms with E-state index in [1.165, 1.54) is 0 Å². The first kappa shape index (κ1) is 16.3. The summed E-state index contributed by atoms with van der Waals surface area (Å²) in [6, 6.07) is 5.32. The highest BCUT2D eigenvalue weighted by molar-refractivity contribution is 5.95. The van der Waals surface area contributed by atoms with Crippen molar-refractivity contribution >= 4 is 17.3 Å². The van der Waals surface area contributed by atoms with E-state index in [1.54, 1.807) is 32.4 Å². The van der Waals surface area contributed by atoms with Gasteiger partial charge in [0.25, 0.3) is 0 Å². The molecule has 0 fully saturated rings. The highest BCUT2D eigenvalue weighted by atomic mass is 16.5. The zero-order valence-electron chi connectivity index (χ0n) is 12.5. The number of likely N-dealkylation sites (N-methyl/N-ethyl adjacent to an activating group) is 1. The van der Waals surface area contributed by atoms with E-state index in [9.17, 15) is 4.79 Å². The van der Waals surface area contributed by atoms with E-state index in [-0.39, 0.29) is 18.5 Å². The maximum Gasteiger partial charge on any atom is 0.238 e. The molecular weight excluding hydrogens is 258 g/mol. The second-order valence-electron chi connectivity index (χ2n) is 4.72. The molecule has 1 rings (SSSR count). The van der Waals surface area contributed by atoms with Crippen LogP contribution in [0, 0.1) is 0 Å². The Hall–Kier alpha value is -1.79. The van der Waals surface area contributed by atoms with E-state index in [2.05, 4.69) is 5.32 Å². The largest absolute Gasteiger partial charge is 0.497 e. The summed E-state index contributed by atoms with van der Waals surface area (Å²) < 4.78 is 10.1. The Balaban J connectivity index is 2.58. The molecule has 0 saturated heterocycles. The molecule has 0 heterocycles. The van der Waals surface area contributed by atoms with Gasteiger partial charge in [0.1, 0.15) is 5.75 Å². The monoisotopic (exact) mass is 281 g/mol. The number of rotatable bonds is 7. The number of hydrogen-bond donors (Lipinski definition) is 2. The highest BCUT2D eigenvalue weighted by Crippen LogP contribution is 2.23. The third-order valence-corrected chi connectivity index (χ3v) is 3.09. The fourth-order valence-electron chi connectivity index (χ4n) is 1.72. The fourth-order valence-corrected chi connectivity index (χ4v) is 1.72. The van der Waals surface area contributed by atoms with Crippen molar-refractivity contribution in [3.8, 4) is 5.75 Å². The number of amides is 1. The maximum absolute atomic E-state index is 12.0. The first-order chi connectivity index (χ1) is 9.47. The number of nitrogen functional groups attached to an aromatic ring is 1. The second kappa shape index (κ2) is 7.72. The standard InChI is InChI=1S/C14H23N3O3/c1-10(9-19-3)17(2)8-14(18)16-13-6-5-11(20-4)7-12(13)15/h5-7,10H,8-9,15H2,1-4H3,(H,16,18). The molecule has 1 amide bonds. The zero-order chi connectivity index (χ0) is 15.1. The molecule has 0 aliphatic rings. The Morgan fingerprint density at radius 1 is 1.45 bits per heavy atom. The summed E-state index contributed by atoms with van der Waals surface area (Å²) in [5.74, 6) is 0.540. The van der Waals surface area contributed by atoms with Crippen LogP contribution < -0.4 is 15.8 Å². The molecule has 1 aromatic rings. The van der Waals surface area contributed by atoms with Gasteiger partial charge in [0.15, 0.2) is 0 Å². The van der Waals surface area contributed by atoms with E-state index in [4.69, 9.17) is 15.2 Å². The van der Waals surface area contributed by atoms with Gasteiger partial charge in [-0.2, -0.15) is 0 Å². The molecule has 0 aliphatic heterocycles. The minimum Gasteiger partial charge on any atom is -0.497 e. The van der Waals surface area contributed by atoms with Crippen LogP contribution in [0.5, 0.6) is 5.75 Å². The van der Waals surface area contributed by atoms with Gasteiger partial charge in [-0.05, 0) is 26.1 Å². The van der Waals surface area contributed by atoms with Crippen molar-refractivity contribution in [2.45, 2.75) is 13.0 Å². The van der Waals surface area contributed by atoms with E-state index in [1.807, 2.05) is 18.9 Å². The van der Waals surface area contributed by atoms with Crippen LogP contribution in [0.1, 0.15) is 6.92 Å². The molecular formula is C14H23N3O3. The molecule has 0 radical (unpaired) electrons. The van der Waals surface area contributed by atoms with Gasteiger partial charge in [0.2, 0.25) is 5.91 Å². The molecule has 0 saturated carbocycles. The Labute approximate surface area is 119 Å². The lowest BCUT2D eigenvalue weighted by atomic mass is 10.2. The van der Waals surface area contributed by atoms with Crippen LogP contribution in [-0.4, -0.2) is 51.3 Å². The number of anilines is 2. The van der Waals surface area contributed by atoms with Crippen molar-refractivity contribution < 1.29 is 14.3 Å². The molecule has 1 aromatic carbocycles. The van der Waals surface area contributed by atoms with Crippen molar-refractivity contribution in [3.05, 3.63) is 18.2 Å². The summed E-state index contributed by atoms with van der Waals surface area (Å²) in [6.45, 7) is 2.85. The summed E-state index contributed by atoms with van der Waals surface area (Å²) in [5.41, 5.74) is 6.92. The number of nitrogens with two attached hydrogens (primary N) is 1. The minimum atomic E-state index is -0.118. The zero-order valence-corrected chi connectivity index (χ0v) is 12.5. The lowest BCUT2D eigenvalue weighted by molar-refractivity contribution is -0.117. The van der Waals surface area contributed by atoms with E-state index in [0.29, 0.717) is 23.7 Å². The number of hydrogen-bond acceptors (Lipinski definition) is 5. The molecule has 6 heteroatoms. The van der Waals surface area contributed by atoms with Gasteiger partial charge in [-0.15, -0.1) is 0 Å². The van der Waals surface area contributed by atoms with Gasteiger partial charge < -0.3 is 20.5 Å². The molecule has 3 N–H and O–H groups in total. The van der Waals surface area contributed by atoms with Crippen molar-refractivity contribution in [3.63, 3.8) is 0 Å². The lowest BCUT2D eigenvalue weighted by Gasteiger charge is -2.23. The number of nitrogens with one attached hydrogen (secondary N) is 1. The highest BCUT2D eigenvalue weighted by Gasteiger charge is 2.13. The molecule has 0 aromatic heterocycles. The summed E-state index contributed by atoms with van der Waals surface area (Å²) in [4.78, 5) is 13.9. The Bertz CT molecular complexity index is 451. The molecule has 0 aliphatic carbocycles. The van der Waals surface area contributed by atoms with Gasteiger partial charge in [-0.1, -0.05) is 0 Å². The average Bonchev–Trinajstić information content (AvgIpc) is 2.41. The van der Waals surface area contributed by atoms with Gasteiger partial charge >= 0.3 is 0 Å². The summed E-state index contributed by atoms with van der Waals surface area (Å²) in [5, 5.41) is 2.79. The summed E-state index contributed by atoms with van der Waals surface area (Å²) >= 11 is 0. The minimum absolute atomic E-state index is 0.118. The van der Waals surface area contributed by atoms with E-state index >= 15 is 0 Å². The lowest BCUT2D eigenvalue weighted by Crippen LogP contribution is -2.38. The maximum atomic E-state index is 12.0. The summed E-state index contributed by atoms with van der Waals surface area (Å²) in [6.07, 6.45) is 0. The number of benzene rings is 1. The van der Waals surface area contributed by atoms with Crippen molar-refractivity contribution in [1.82, 2.24) is 4.90 Å². The number of ether oxygens (including phenoxy) is 2.